The molecule has 2 atom stereocenters. The Morgan fingerprint density at radius 2 is 1.40 bits per heavy atom. The van der Waals surface area contributed by atoms with E-state index in [9.17, 15) is 9.59 Å². The van der Waals surface area contributed by atoms with Crippen molar-refractivity contribution in [2.24, 2.45) is 0 Å². The SMILES string of the molecule is Cc1cccnc1[C@H]1CCC[C@@H](c2ncccc2C)N1CCCN1CCN(C(=O)c2ccc(-c3cc4c(-c5cccc(NC(=O)c6ccccc6)c5C)ncnc4[nH]3)cc2)CC1. The number of nitrogens with zero attached hydrogens (tertiary/aromatic N) is 7. The molecule has 6 heterocycles. The van der Waals surface area contributed by atoms with E-state index in [0.29, 0.717) is 29.9 Å². The first-order valence-corrected chi connectivity index (χ1v) is 21.8. The summed E-state index contributed by atoms with van der Waals surface area (Å²) in [5.74, 6) is -0.103. The molecular formula is C51H53N9O2. The number of aryl methyl sites for hydroxylation is 2. The number of piperidine rings is 1. The number of benzene rings is 3. The predicted molar refractivity (Wildman–Crippen MR) is 245 cm³/mol. The lowest BCUT2D eigenvalue weighted by Crippen LogP contribution is -2.49. The zero-order valence-corrected chi connectivity index (χ0v) is 35.7. The van der Waals surface area contributed by atoms with Crippen molar-refractivity contribution < 1.29 is 9.59 Å². The number of rotatable bonds is 11. The van der Waals surface area contributed by atoms with Crippen molar-refractivity contribution in [2.45, 2.75) is 58.5 Å². The number of pyridine rings is 2. The number of aromatic nitrogens is 5. The minimum atomic E-state index is -0.165. The fourth-order valence-corrected chi connectivity index (χ4v) is 9.39. The summed E-state index contributed by atoms with van der Waals surface area (Å²) in [6.45, 7) is 11.4. The summed E-state index contributed by atoms with van der Waals surface area (Å²) in [7, 11) is 0. The van der Waals surface area contributed by atoms with Crippen molar-refractivity contribution in [3.8, 4) is 22.5 Å². The Morgan fingerprint density at radius 1 is 0.710 bits per heavy atom. The Kier molecular flexibility index (Phi) is 12.0. The molecule has 4 aromatic heterocycles. The standard InChI is InChI=1S/C51H53N9O2/c1-34-12-9-24-52-46(34)44-18-8-19-45(47-35(2)13-10-25-53-47)60(44)27-11-26-58-28-30-59(31-29-58)51(62)39-22-20-37(21-23-39)43-32-41-48(54-33-55-49(41)56-43)40-16-7-17-42(36(40)3)57-50(61)38-14-5-4-6-15-38/h4-7,9-10,12-17,20-25,32-33,44-45H,8,11,18-19,26-31H2,1-3H3,(H,57,61)(H,54,55,56)/t44-,45+. The maximum Gasteiger partial charge on any atom is 0.255 e. The summed E-state index contributed by atoms with van der Waals surface area (Å²) in [5, 5.41) is 3.93. The second-order valence-corrected chi connectivity index (χ2v) is 16.6. The van der Waals surface area contributed by atoms with Crippen LogP contribution in [0, 0.1) is 20.8 Å². The fraction of sp³-hybridized carbons (Fsp3) is 0.294. The van der Waals surface area contributed by atoms with Crippen molar-refractivity contribution in [2.75, 3.05) is 44.6 Å². The topological polar surface area (TPSA) is 123 Å². The molecule has 0 unspecified atom stereocenters. The van der Waals surface area contributed by atoms with Gasteiger partial charge in [-0.15, -0.1) is 0 Å². The van der Waals surface area contributed by atoms with E-state index in [1.807, 2.05) is 97.0 Å². The molecule has 314 valence electrons. The highest BCUT2D eigenvalue weighted by Crippen LogP contribution is 2.42. The first kappa shape index (κ1) is 40.8. The highest BCUT2D eigenvalue weighted by molar-refractivity contribution is 6.05. The van der Waals surface area contributed by atoms with E-state index in [-0.39, 0.29) is 23.9 Å². The minimum absolute atomic E-state index is 0.0613. The van der Waals surface area contributed by atoms with E-state index in [4.69, 9.17) is 9.97 Å². The average Bonchev–Trinajstić information content (AvgIpc) is 3.76. The van der Waals surface area contributed by atoms with Crippen molar-refractivity contribution in [3.63, 3.8) is 0 Å². The fourth-order valence-electron chi connectivity index (χ4n) is 9.39. The smallest absolute Gasteiger partial charge is 0.255 e. The van der Waals surface area contributed by atoms with Gasteiger partial charge in [-0.25, -0.2) is 9.97 Å². The molecule has 0 radical (unpaired) electrons. The monoisotopic (exact) mass is 823 g/mol. The number of hydrogen-bond donors (Lipinski definition) is 2. The van der Waals surface area contributed by atoms with Crippen molar-refractivity contribution in [1.82, 2.24) is 39.6 Å². The second-order valence-electron chi connectivity index (χ2n) is 16.6. The molecule has 62 heavy (non-hydrogen) atoms. The maximum absolute atomic E-state index is 13.8. The number of carbonyl (C=O) groups excluding carboxylic acids is 2. The number of fused-ring (bicyclic) bond motifs is 1. The normalized spacial score (nSPS) is 17.3. The summed E-state index contributed by atoms with van der Waals surface area (Å²) in [4.78, 5) is 56.3. The summed E-state index contributed by atoms with van der Waals surface area (Å²) in [6.07, 6.45) is 9.83. The van der Waals surface area contributed by atoms with E-state index >= 15 is 0 Å². The third-order valence-electron chi connectivity index (χ3n) is 12.8. The van der Waals surface area contributed by atoms with Crippen LogP contribution in [0.5, 0.6) is 0 Å². The molecule has 11 nitrogen and oxygen atoms in total. The molecule has 2 N–H and O–H groups in total. The molecule has 11 heteroatoms. The number of amides is 2. The Labute approximate surface area is 363 Å². The first-order chi connectivity index (χ1) is 30.3. The van der Waals surface area contributed by atoms with Crippen LogP contribution in [0.3, 0.4) is 0 Å². The molecule has 0 aliphatic carbocycles. The molecule has 2 amide bonds. The largest absolute Gasteiger partial charge is 0.339 e. The third-order valence-corrected chi connectivity index (χ3v) is 12.8. The van der Waals surface area contributed by atoms with E-state index in [1.165, 1.54) is 22.5 Å². The quantitative estimate of drug-likeness (QED) is 0.132. The van der Waals surface area contributed by atoms with Gasteiger partial charge >= 0.3 is 0 Å². The highest BCUT2D eigenvalue weighted by atomic mass is 16.2. The highest BCUT2D eigenvalue weighted by Gasteiger charge is 2.35. The Morgan fingerprint density at radius 3 is 2.08 bits per heavy atom. The summed E-state index contributed by atoms with van der Waals surface area (Å²) in [6, 6.07) is 33.9. The van der Waals surface area contributed by atoms with Crippen LogP contribution in [0.1, 0.15) is 86.6 Å². The molecule has 2 aliphatic heterocycles. The van der Waals surface area contributed by atoms with Crippen molar-refractivity contribution in [1.29, 1.82) is 0 Å². The van der Waals surface area contributed by atoms with Crippen molar-refractivity contribution in [3.05, 3.63) is 161 Å². The van der Waals surface area contributed by atoms with Gasteiger partial charge in [-0.1, -0.05) is 54.6 Å². The molecule has 2 aliphatic rings. The van der Waals surface area contributed by atoms with Gasteiger partial charge in [0.25, 0.3) is 11.8 Å². The number of aromatic amines is 1. The van der Waals surface area contributed by atoms with E-state index < -0.39 is 0 Å². The molecule has 0 spiro atoms. The molecule has 2 saturated heterocycles. The number of piperazine rings is 1. The molecule has 0 bridgehead atoms. The average molecular weight is 824 g/mol. The molecule has 3 aromatic carbocycles. The zero-order chi connectivity index (χ0) is 42.6. The number of anilines is 1. The van der Waals surface area contributed by atoms with Crippen LogP contribution in [-0.4, -0.2) is 90.7 Å². The second kappa shape index (κ2) is 18.2. The van der Waals surface area contributed by atoms with Crippen LogP contribution < -0.4 is 5.32 Å². The Balaban J connectivity index is 0.826. The van der Waals surface area contributed by atoms with Crippen LogP contribution in [0.15, 0.2) is 122 Å². The number of nitrogens with one attached hydrogen (secondary N) is 2. The van der Waals surface area contributed by atoms with Crippen LogP contribution in [-0.2, 0) is 0 Å². The zero-order valence-electron chi connectivity index (χ0n) is 35.7. The van der Waals surface area contributed by atoms with Crippen LogP contribution in [0.25, 0.3) is 33.5 Å². The summed E-state index contributed by atoms with van der Waals surface area (Å²) in [5.41, 5.74) is 12.0. The lowest BCUT2D eigenvalue weighted by Gasteiger charge is -2.43. The first-order valence-electron chi connectivity index (χ1n) is 21.8. The lowest BCUT2D eigenvalue weighted by atomic mass is 9.88. The molecule has 2 fully saturated rings. The number of hydrogen-bond acceptors (Lipinski definition) is 8. The van der Waals surface area contributed by atoms with Crippen molar-refractivity contribution >= 4 is 28.5 Å². The summed E-state index contributed by atoms with van der Waals surface area (Å²) < 4.78 is 0. The van der Waals surface area contributed by atoms with E-state index in [2.05, 4.69) is 62.1 Å². The van der Waals surface area contributed by atoms with E-state index in [1.54, 1.807) is 18.5 Å². The molecular weight excluding hydrogens is 771 g/mol. The maximum atomic E-state index is 13.8. The van der Waals surface area contributed by atoms with Crippen LogP contribution >= 0.6 is 0 Å². The van der Waals surface area contributed by atoms with Gasteiger partial charge in [0.05, 0.1) is 29.2 Å². The Bertz CT molecular complexity index is 2640. The van der Waals surface area contributed by atoms with Gasteiger partial charge in [-0.2, -0.15) is 0 Å². The van der Waals surface area contributed by atoms with Crippen LogP contribution in [0.2, 0.25) is 0 Å². The van der Waals surface area contributed by atoms with Gasteiger partial charge in [0.1, 0.15) is 12.0 Å². The van der Waals surface area contributed by atoms with Gasteiger partial charge in [-0.05, 0) is 124 Å². The molecule has 7 aromatic rings. The molecule has 0 saturated carbocycles. The summed E-state index contributed by atoms with van der Waals surface area (Å²) >= 11 is 0. The van der Waals surface area contributed by atoms with Gasteiger partial charge < -0.3 is 15.2 Å². The van der Waals surface area contributed by atoms with E-state index in [0.717, 1.165) is 91.0 Å². The van der Waals surface area contributed by atoms with Gasteiger partial charge in [0.15, 0.2) is 0 Å². The molecule has 9 rings (SSSR count). The number of H-pyrrole nitrogens is 1. The lowest BCUT2D eigenvalue weighted by molar-refractivity contribution is 0.0571. The predicted octanol–water partition coefficient (Wildman–Crippen LogP) is 9.38. The minimum Gasteiger partial charge on any atom is -0.339 e. The number of carbonyl (C=O) groups is 2. The van der Waals surface area contributed by atoms with Gasteiger partial charge in [0.2, 0.25) is 0 Å². The third kappa shape index (κ3) is 8.51. The van der Waals surface area contributed by atoms with Gasteiger partial charge in [-0.3, -0.25) is 29.4 Å². The van der Waals surface area contributed by atoms with Crippen LogP contribution in [0.4, 0.5) is 5.69 Å². The number of likely N-dealkylation sites (tertiary alicyclic amines) is 1. The Hall–Kier alpha value is -6.56. The van der Waals surface area contributed by atoms with Gasteiger partial charge in [0, 0.05) is 78.6 Å².